The Bertz CT molecular complexity index is 1190. The molecule has 2 N–H and O–H groups in total. The predicted octanol–water partition coefficient (Wildman–Crippen LogP) is 4.06. The third-order valence-electron chi connectivity index (χ3n) is 4.51. The Kier molecular flexibility index (Phi) is 5.70. The number of furan rings is 1. The molecule has 2 aromatic carbocycles. The van der Waals surface area contributed by atoms with Crippen LogP contribution >= 0.6 is 0 Å². The minimum absolute atomic E-state index is 0.181. The van der Waals surface area contributed by atoms with Gasteiger partial charge < -0.3 is 24.1 Å². The Morgan fingerprint density at radius 2 is 1.84 bits per heavy atom. The van der Waals surface area contributed by atoms with Gasteiger partial charge in [0.2, 0.25) is 5.82 Å². The molecule has 0 spiro atoms. The maximum atomic E-state index is 10.8. The first-order valence-electron chi connectivity index (χ1n) is 9.62. The minimum atomic E-state index is -0.538. The molecule has 0 aliphatic rings. The Morgan fingerprint density at radius 3 is 2.61 bits per heavy atom. The van der Waals surface area contributed by atoms with Gasteiger partial charge in [-0.05, 0) is 67.4 Å². The number of carbonyl (C=O) groups excluding carboxylic acids is 1. The monoisotopic (exact) mass is 419 g/mol. The summed E-state index contributed by atoms with van der Waals surface area (Å²) in [4.78, 5) is 15.2. The van der Waals surface area contributed by atoms with Crippen molar-refractivity contribution in [2.45, 2.75) is 20.5 Å². The van der Waals surface area contributed by atoms with E-state index in [0.29, 0.717) is 23.1 Å². The highest BCUT2D eigenvalue weighted by Gasteiger charge is 2.15. The summed E-state index contributed by atoms with van der Waals surface area (Å²) in [6.07, 6.45) is 0. The van der Waals surface area contributed by atoms with Crippen molar-refractivity contribution in [2.24, 2.45) is 5.73 Å². The summed E-state index contributed by atoms with van der Waals surface area (Å²) in [6, 6.07) is 16.6. The second-order valence-electron chi connectivity index (χ2n) is 7.03. The summed E-state index contributed by atoms with van der Waals surface area (Å²) < 4.78 is 22.2. The van der Waals surface area contributed by atoms with Gasteiger partial charge in [-0.25, -0.2) is 0 Å². The van der Waals surface area contributed by atoms with E-state index in [1.54, 1.807) is 30.3 Å². The SMILES string of the molecule is Cc1ccc(C)c(OCc2ccc(-c3nc(-c4ccc(OCC(N)=O)cc4)no3)o2)c1. The summed E-state index contributed by atoms with van der Waals surface area (Å²) >= 11 is 0. The molecule has 2 aromatic heterocycles. The molecule has 2 heterocycles. The highest BCUT2D eigenvalue weighted by molar-refractivity contribution is 5.75. The number of carbonyl (C=O) groups is 1. The van der Waals surface area contributed by atoms with Crippen LogP contribution in [0.2, 0.25) is 0 Å². The van der Waals surface area contributed by atoms with E-state index in [9.17, 15) is 4.79 Å². The Balaban J connectivity index is 1.42. The van der Waals surface area contributed by atoms with E-state index >= 15 is 0 Å². The fourth-order valence-electron chi connectivity index (χ4n) is 2.88. The normalized spacial score (nSPS) is 10.8. The van der Waals surface area contributed by atoms with Gasteiger partial charge in [-0.1, -0.05) is 17.3 Å². The Hall–Kier alpha value is -4.07. The van der Waals surface area contributed by atoms with Crippen LogP contribution < -0.4 is 15.2 Å². The zero-order chi connectivity index (χ0) is 21.8. The number of benzene rings is 2. The summed E-state index contributed by atoms with van der Waals surface area (Å²) in [6.45, 7) is 4.13. The van der Waals surface area contributed by atoms with Gasteiger partial charge >= 0.3 is 0 Å². The maximum Gasteiger partial charge on any atom is 0.293 e. The van der Waals surface area contributed by atoms with Gasteiger partial charge in [0.1, 0.15) is 23.9 Å². The van der Waals surface area contributed by atoms with Crippen molar-refractivity contribution in [1.29, 1.82) is 0 Å². The molecular formula is C23H21N3O5. The zero-order valence-electron chi connectivity index (χ0n) is 17.1. The van der Waals surface area contributed by atoms with Crippen molar-refractivity contribution < 1.29 is 23.2 Å². The van der Waals surface area contributed by atoms with E-state index < -0.39 is 5.91 Å². The summed E-state index contributed by atoms with van der Waals surface area (Å²) in [5, 5.41) is 4.00. The lowest BCUT2D eigenvalue weighted by molar-refractivity contribution is -0.119. The number of ether oxygens (including phenoxy) is 2. The van der Waals surface area contributed by atoms with Crippen molar-refractivity contribution in [3.8, 4) is 34.5 Å². The van der Waals surface area contributed by atoms with Crippen molar-refractivity contribution >= 4 is 5.91 Å². The van der Waals surface area contributed by atoms with Crippen LogP contribution in [0.25, 0.3) is 23.0 Å². The second-order valence-corrected chi connectivity index (χ2v) is 7.03. The molecule has 158 valence electrons. The van der Waals surface area contributed by atoms with Crippen LogP contribution in [0.5, 0.6) is 11.5 Å². The number of nitrogens with zero attached hydrogens (tertiary/aromatic N) is 2. The molecule has 0 aliphatic heterocycles. The number of nitrogens with two attached hydrogens (primary N) is 1. The molecule has 0 atom stereocenters. The first-order chi connectivity index (χ1) is 15.0. The molecule has 0 bridgehead atoms. The molecule has 0 saturated carbocycles. The largest absolute Gasteiger partial charge is 0.485 e. The van der Waals surface area contributed by atoms with E-state index in [-0.39, 0.29) is 19.1 Å². The van der Waals surface area contributed by atoms with Crippen molar-refractivity contribution in [3.05, 3.63) is 71.5 Å². The van der Waals surface area contributed by atoms with Crippen molar-refractivity contribution in [2.75, 3.05) is 6.61 Å². The lowest BCUT2D eigenvalue weighted by atomic mass is 10.1. The topological polar surface area (TPSA) is 114 Å². The zero-order valence-corrected chi connectivity index (χ0v) is 17.1. The highest BCUT2D eigenvalue weighted by atomic mass is 16.5. The van der Waals surface area contributed by atoms with E-state index in [1.807, 2.05) is 38.1 Å². The number of amides is 1. The van der Waals surface area contributed by atoms with Gasteiger partial charge in [0, 0.05) is 5.56 Å². The molecule has 8 heteroatoms. The Morgan fingerprint density at radius 1 is 1.03 bits per heavy atom. The van der Waals surface area contributed by atoms with Crippen LogP contribution in [0.1, 0.15) is 16.9 Å². The number of rotatable bonds is 8. The third kappa shape index (κ3) is 4.92. The smallest absolute Gasteiger partial charge is 0.293 e. The average Bonchev–Trinajstić information content (AvgIpc) is 3.43. The Labute approximate surface area is 178 Å². The van der Waals surface area contributed by atoms with Crippen molar-refractivity contribution in [3.63, 3.8) is 0 Å². The quantitative estimate of drug-likeness (QED) is 0.458. The number of aromatic nitrogens is 2. The van der Waals surface area contributed by atoms with Crippen LogP contribution in [0.4, 0.5) is 0 Å². The molecule has 0 unspecified atom stereocenters. The van der Waals surface area contributed by atoms with Gasteiger partial charge in [0.15, 0.2) is 12.4 Å². The predicted molar refractivity (Wildman–Crippen MR) is 112 cm³/mol. The molecule has 0 saturated heterocycles. The minimum Gasteiger partial charge on any atom is -0.485 e. The average molecular weight is 419 g/mol. The first kappa shape index (κ1) is 20.2. The molecule has 0 fully saturated rings. The molecule has 4 aromatic rings. The van der Waals surface area contributed by atoms with Crippen LogP contribution in [0.15, 0.2) is 63.5 Å². The fraction of sp³-hybridized carbons (Fsp3) is 0.174. The molecule has 8 nitrogen and oxygen atoms in total. The number of hydrogen-bond acceptors (Lipinski definition) is 7. The first-order valence-corrected chi connectivity index (χ1v) is 9.62. The highest BCUT2D eigenvalue weighted by Crippen LogP contribution is 2.26. The standard InChI is InChI=1S/C23H21N3O5/c1-14-3-4-15(2)20(11-14)29-12-18-9-10-19(30-18)23-25-22(26-31-23)16-5-7-17(8-6-16)28-13-21(24)27/h3-11H,12-13H2,1-2H3,(H2,24,27). The molecule has 0 aliphatic carbocycles. The summed E-state index contributed by atoms with van der Waals surface area (Å²) in [5.74, 6) is 2.57. The number of aryl methyl sites for hydroxylation is 2. The second kappa shape index (κ2) is 8.74. The van der Waals surface area contributed by atoms with E-state index in [0.717, 1.165) is 22.4 Å². The molecule has 4 rings (SSSR count). The van der Waals surface area contributed by atoms with Crippen LogP contribution in [0, 0.1) is 13.8 Å². The van der Waals surface area contributed by atoms with E-state index in [1.165, 1.54) is 0 Å². The van der Waals surface area contributed by atoms with Gasteiger partial charge in [-0.3, -0.25) is 4.79 Å². The number of hydrogen-bond donors (Lipinski definition) is 1. The fourth-order valence-corrected chi connectivity index (χ4v) is 2.88. The van der Waals surface area contributed by atoms with Gasteiger partial charge in [0.05, 0.1) is 0 Å². The lowest BCUT2D eigenvalue weighted by Gasteiger charge is -2.08. The summed E-state index contributed by atoms with van der Waals surface area (Å²) in [5.41, 5.74) is 7.99. The third-order valence-corrected chi connectivity index (χ3v) is 4.51. The van der Waals surface area contributed by atoms with Crippen LogP contribution in [-0.4, -0.2) is 22.7 Å². The van der Waals surface area contributed by atoms with E-state index in [2.05, 4.69) is 10.1 Å². The van der Waals surface area contributed by atoms with E-state index in [4.69, 9.17) is 24.1 Å². The van der Waals surface area contributed by atoms with Gasteiger partial charge in [-0.2, -0.15) is 4.98 Å². The molecular weight excluding hydrogens is 398 g/mol. The lowest BCUT2D eigenvalue weighted by Crippen LogP contribution is -2.19. The number of primary amides is 1. The van der Waals surface area contributed by atoms with Crippen molar-refractivity contribution in [1.82, 2.24) is 10.1 Å². The van der Waals surface area contributed by atoms with Crippen LogP contribution in [0.3, 0.4) is 0 Å². The summed E-state index contributed by atoms with van der Waals surface area (Å²) in [7, 11) is 0. The maximum absolute atomic E-state index is 10.8. The molecule has 0 radical (unpaired) electrons. The molecule has 31 heavy (non-hydrogen) atoms. The van der Waals surface area contributed by atoms with Gasteiger partial charge in [0.25, 0.3) is 11.8 Å². The van der Waals surface area contributed by atoms with Gasteiger partial charge in [-0.15, -0.1) is 0 Å². The molecule has 1 amide bonds. The van der Waals surface area contributed by atoms with Crippen LogP contribution in [-0.2, 0) is 11.4 Å².